The second-order valence-electron chi connectivity index (χ2n) is 4.52. The minimum atomic E-state index is 0.507. The Morgan fingerprint density at radius 3 is 2.35 bits per heavy atom. The van der Waals surface area contributed by atoms with E-state index in [9.17, 15) is 0 Å². The molecule has 0 bridgehead atoms. The van der Waals surface area contributed by atoms with Crippen molar-refractivity contribution in [3.05, 3.63) is 47.4 Å². The zero-order chi connectivity index (χ0) is 14.4. The van der Waals surface area contributed by atoms with E-state index in [1.54, 1.807) is 0 Å². The molecule has 0 atom stereocenters. The Hall–Kier alpha value is -1.94. The first kappa shape index (κ1) is 14.5. The predicted molar refractivity (Wildman–Crippen MR) is 78.2 cm³/mol. The van der Waals surface area contributed by atoms with Gasteiger partial charge in [0.05, 0.1) is 13.2 Å². The summed E-state index contributed by atoms with van der Waals surface area (Å²) in [5.74, 6) is 3.51. The number of benzene rings is 1. The Morgan fingerprint density at radius 1 is 1.10 bits per heavy atom. The van der Waals surface area contributed by atoms with Crippen molar-refractivity contribution in [1.82, 2.24) is 5.32 Å². The van der Waals surface area contributed by atoms with Gasteiger partial charge >= 0.3 is 0 Å². The Kier molecular flexibility index (Phi) is 5.07. The van der Waals surface area contributed by atoms with E-state index in [1.165, 1.54) is 0 Å². The van der Waals surface area contributed by atoms with Gasteiger partial charge in [-0.25, -0.2) is 0 Å². The third-order valence-corrected chi connectivity index (χ3v) is 2.95. The molecule has 0 saturated carbocycles. The van der Waals surface area contributed by atoms with Crippen LogP contribution in [0, 0.1) is 6.92 Å². The van der Waals surface area contributed by atoms with Gasteiger partial charge in [-0.15, -0.1) is 0 Å². The molecule has 0 saturated heterocycles. The SMILES string of the molecule is CCOc1ccc(OCc2cc(CNC)oc2C)cc1. The quantitative estimate of drug-likeness (QED) is 0.842. The molecule has 0 aliphatic heterocycles. The number of rotatable bonds is 7. The first-order valence-electron chi connectivity index (χ1n) is 6.81. The molecule has 1 heterocycles. The standard InChI is InChI=1S/C16H21NO3/c1-4-18-14-5-7-15(8-6-14)19-11-13-9-16(10-17-3)20-12(13)2/h5-9,17H,4,10-11H2,1-3H3. The molecule has 1 aromatic carbocycles. The van der Waals surface area contributed by atoms with Crippen molar-refractivity contribution in [3.8, 4) is 11.5 Å². The van der Waals surface area contributed by atoms with Crippen LogP contribution in [0.5, 0.6) is 11.5 Å². The maximum atomic E-state index is 5.76. The van der Waals surface area contributed by atoms with Crippen LogP contribution in [0.1, 0.15) is 24.0 Å². The van der Waals surface area contributed by atoms with Gasteiger partial charge in [-0.05, 0) is 51.2 Å². The normalized spacial score (nSPS) is 10.6. The topological polar surface area (TPSA) is 43.6 Å². The maximum absolute atomic E-state index is 5.76. The van der Waals surface area contributed by atoms with E-state index in [0.717, 1.165) is 35.1 Å². The number of hydrogen-bond donors (Lipinski definition) is 1. The van der Waals surface area contributed by atoms with Gasteiger partial charge in [0.2, 0.25) is 0 Å². The number of hydrogen-bond acceptors (Lipinski definition) is 4. The van der Waals surface area contributed by atoms with E-state index < -0.39 is 0 Å². The van der Waals surface area contributed by atoms with Crippen LogP contribution in [0.2, 0.25) is 0 Å². The van der Waals surface area contributed by atoms with E-state index in [0.29, 0.717) is 13.2 Å². The van der Waals surface area contributed by atoms with Crippen molar-refractivity contribution in [2.75, 3.05) is 13.7 Å². The Morgan fingerprint density at radius 2 is 1.75 bits per heavy atom. The molecule has 1 N–H and O–H groups in total. The van der Waals surface area contributed by atoms with Gasteiger partial charge < -0.3 is 19.2 Å². The summed E-state index contributed by atoms with van der Waals surface area (Å²) in [6.07, 6.45) is 0. The fraction of sp³-hybridized carbons (Fsp3) is 0.375. The molecule has 0 spiro atoms. The van der Waals surface area contributed by atoms with Crippen LogP contribution in [0.15, 0.2) is 34.7 Å². The summed E-state index contributed by atoms with van der Waals surface area (Å²) in [5.41, 5.74) is 1.07. The number of nitrogens with one attached hydrogen (secondary N) is 1. The van der Waals surface area contributed by atoms with E-state index in [2.05, 4.69) is 5.32 Å². The highest BCUT2D eigenvalue weighted by molar-refractivity contribution is 5.31. The molecule has 108 valence electrons. The van der Waals surface area contributed by atoms with Crippen LogP contribution in [-0.4, -0.2) is 13.7 Å². The molecule has 20 heavy (non-hydrogen) atoms. The highest BCUT2D eigenvalue weighted by Gasteiger charge is 2.07. The monoisotopic (exact) mass is 275 g/mol. The largest absolute Gasteiger partial charge is 0.494 e. The molecular formula is C16H21NO3. The van der Waals surface area contributed by atoms with Gasteiger partial charge in [0.1, 0.15) is 29.6 Å². The lowest BCUT2D eigenvalue weighted by molar-refractivity contribution is 0.301. The van der Waals surface area contributed by atoms with Crippen LogP contribution < -0.4 is 14.8 Å². The fourth-order valence-corrected chi connectivity index (χ4v) is 1.95. The molecule has 0 amide bonds. The molecular weight excluding hydrogens is 254 g/mol. The smallest absolute Gasteiger partial charge is 0.120 e. The minimum absolute atomic E-state index is 0.507. The van der Waals surface area contributed by atoms with Crippen LogP contribution in [0.25, 0.3) is 0 Å². The number of aryl methyl sites for hydroxylation is 1. The number of ether oxygens (including phenoxy) is 2. The van der Waals surface area contributed by atoms with Crippen LogP contribution in [0.3, 0.4) is 0 Å². The summed E-state index contributed by atoms with van der Waals surface area (Å²) in [5, 5.41) is 3.07. The van der Waals surface area contributed by atoms with Gasteiger partial charge in [-0.1, -0.05) is 0 Å². The summed E-state index contributed by atoms with van der Waals surface area (Å²) < 4.78 is 16.8. The summed E-state index contributed by atoms with van der Waals surface area (Å²) in [6, 6.07) is 9.67. The third-order valence-electron chi connectivity index (χ3n) is 2.95. The highest BCUT2D eigenvalue weighted by atomic mass is 16.5. The van der Waals surface area contributed by atoms with Crippen molar-refractivity contribution in [2.45, 2.75) is 27.0 Å². The Labute approximate surface area is 119 Å². The second kappa shape index (κ2) is 7.01. The zero-order valence-corrected chi connectivity index (χ0v) is 12.2. The van der Waals surface area contributed by atoms with Crippen LogP contribution in [-0.2, 0) is 13.2 Å². The average molecular weight is 275 g/mol. The molecule has 0 aliphatic carbocycles. The van der Waals surface area contributed by atoms with E-state index in [4.69, 9.17) is 13.9 Å². The predicted octanol–water partition coefficient (Wildman–Crippen LogP) is 3.29. The summed E-state index contributed by atoms with van der Waals surface area (Å²) >= 11 is 0. The van der Waals surface area contributed by atoms with Crippen molar-refractivity contribution < 1.29 is 13.9 Å². The lowest BCUT2D eigenvalue weighted by Gasteiger charge is -2.07. The summed E-state index contributed by atoms with van der Waals surface area (Å²) in [6.45, 7) is 5.82. The molecule has 0 aliphatic rings. The van der Waals surface area contributed by atoms with Gasteiger partial charge in [0.15, 0.2) is 0 Å². The molecule has 4 heteroatoms. The average Bonchev–Trinajstić information content (AvgIpc) is 2.79. The van der Waals surface area contributed by atoms with Gasteiger partial charge in [-0.3, -0.25) is 0 Å². The molecule has 0 unspecified atom stereocenters. The summed E-state index contributed by atoms with van der Waals surface area (Å²) in [4.78, 5) is 0. The zero-order valence-electron chi connectivity index (χ0n) is 12.2. The Bertz CT molecular complexity index is 531. The van der Waals surface area contributed by atoms with Crippen molar-refractivity contribution >= 4 is 0 Å². The Balaban J connectivity index is 1.94. The maximum Gasteiger partial charge on any atom is 0.120 e. The van der Waals surface area contributed by atoms with E-state index in [-0.39, 0.29) is 0 Å². The van der Waals surface area contributed by atoms with Crippen LogP contribution in [0.4, 0.5) is 0 Å². The first-order valence-corrected chi connectivity index (χ1v) is 6.81. The molecule has 0 radical (unpaired) electrons. The fourth-order valence-electron chi connectivity index (χ4n) is 1.95. The van der Waals surface area contributed by atoms with Crippen LogP contribution >= 0.6 is 0 Å². The van der Waals surface area contributed by atoms with Gasteiger partial charge in [0.25, 0.3) is 0 Å². The van der Waals surface area contributed by atoms with Gasteiger partial charge in [0, 0.05) is 5.56 Å². The molecule has 1 aromatic heterocycles. The molecule has 0 fully saturated rings. The molecule has 2 rings (SSSR count). The minimum Gasteiger partial charge on any atom is -0.494 e. The molecule has 4 nitrogen and oxygen atoms in total. The first-order chi connectivity index (χ1) is 9.72. The lowest BCUT2D eigenvalue weighted by Crippen LogP contribution is -2.03. The second-order valence-corrected chi connectivity index (χ2v) is 4.52. The van der Waals surface area contributed by atoms with Crippen molar-refractivity contribution in [2.24, 2.45) is 0 Å². The highest BCUT2D eigenvalue weighted by Crippen LogP contribution is 2.20. The van der Waals surface area contributed by atoms with Gasteiger partial charge in [-0.2, -0.15) is 0 Å². The number of furan rings is 1. The van der Waals surface area contributed by atoms with E-state index >= 15 is 0 Å². The third kappa shape index (κ3) is 3.78. The van der Waals surface area contributed by atoms with E-state index in [1.807, 2.05) is 51.2 Å². The van der Waals surface area contributed by atoms with Crippen molar-refractivity contribution in [1.29, 1.82) is 0 Å². The summed E-state index contributed by atoms with van der Waals surface area (Å²) in [7, 11) is 1.90. The molecule has 2 aromatic rings. The lowest BCUT2D eigenvalue weighted by atomic mass is 10.2. The van der Waals surface area contributed by atoms with Crippen molar-refractivity contribution in [3.63, 3.8) is 0 Å².